The Morgan fingerprint density at radius 3 is 2.53 bits per heavy atom. The van der Waals surface area contributed by atoms with Crippen molar-refractivity contribution in [2.45, 2.75) is 27.7 Å². The number of aryl methyl sites for hydroxylation is 1. The molecule has 84 valence electrons. The Kier molecular flexibility index (Phi) is 3.50. The van der Waals surface area contributed by atoms with E-state index in [-0.39, 0.29) is 5.41 Å². The molecule has 1 rings (SSSR count). The number of nitrogens with zero attached hydrogens (tertiary/aromatic N) is 2. The van der Waals surface area contributed by atoms with Crippen LogP contribution < -0.4 is 10.1 Å². The van der Waals surface area contributed by atoms with E-state index >= 15 is 0 Å². The van der Waals surface area contributed by atoms with Crippen LogP contribution >= 0.6 is 0 Å². The first-order valence-electron chi connectivity index (χ1n) is 5.04. The Balaban J connectivity index is 2.73. The normalized spacial score (nSPS) is 11.3. The molecule has 0 saturated carbocycles. The van der Waals surface area contributed by atoms with E-state index in [0.29, 0.717) is 11.8 Å². The van der Waals surface area contributed by atoms with Crippen molar-refractivity contribution in [2.75, 3.05) is 19.0 Å². The highest BCUT2D eigenvalue weighted by atomic mass is 16.5. The number of rotatable bonds is 3. The second-order valence-electron chi connectivity index (χ2n) is 4.79. The number of nitrogens with one attached hydrogen (secondary N) is 1. The lowest BCUT2D eigenvalue weighted by atomic mass is 9.97. The third kappa shape index (κ3) is 4.14. The van der Waals surface area contributed by atoms with Crippen LogP contribution in [-0.2, 0) is 0 Å². The third-order valence-electron chi connectivity index (χ3n) is 1.82. The molecule has 4 nitrogen and oxygen atoms in total. The summed E-state index contributed by atoms with van der Waals surface area (Å²) in [5, 5.41) is 3.20. The molecule has 0 aliphatic rings. The fourth-order valence-corrected chi connectivity index (χ4v) is 1.07. The predicted molar refractivity (Wildman–Crippen MR) is 61.3 cm³/mol. The van der Waals surface area contributed by atoms with Crippen molar-refractivity contribution in [1.29, 1.82) is 0 Å². The molecule has 0 atom stereocenters. The average molecular weight is 209 g/mol. The summed E-state index contributed by atoms with van der Waals surface area (Å²) in [6.45, 7) is 9.24. The zero-order valence-corrected chi connectivity index (χ0v) is 10.1. The van der Waals surface area contributed by atoms with Gasteiger partial charge in [-0.1, -0.05) is 20.8 Å². The summed E-state index contributed by atoms with van der Waals surface area (Å²) in [5.74, 6) is 1.22. The smallest absolute Gasteiger partial charge is 0.226 e. The van der Waals surface area contributed by atoms with Crippen molar-refractivity contribution in [3.05, 3.63) is 11.8 Å². The summed E-state index contributed by atoms with van der Waals surface area (Å²) in [5.41, 5.74) is 1.11. The predicted octanol–water partition coefficient (Wildman–Crippen LogP) is 2.25. The van der Waals surface area contributed by atoms with E-state index in [2.05, 4.69) is 36.1 Å². The number of methoxy groups -OCH3 is 1. The highest BCUT2D eigenvalue weighted by molar-refractivity contribution is 5.30. The second kappa shape index (κ2) is 4.47. The third-order valence-corrected chi connectivity index (χ3v) is 1.82. The van der Waals surface area contributed by atoms with Crippen LogP contribution in [0.3, 0.4) is 0 Å². The minimum atomic E-state index is 0.209. The van der Waals surface area contributed by atoms with Gasteiger partial charge in [0.2, 0.25) is 11.8 Å². The maximum Gasteiger partial charge on any atom is 0.226 e. The van der Waals surface area contributed by atoms with Crippen LogP contribution in [0.5, 0.6) is 5.88 Å². The first-order chi connectivity index (χ1) is 6.90. The lowest BCUT2D eigenvalue weighted by Crippen LogP contribution is -2.20. The Morgan fingerprint density at radius 2 is 2.00 bits per heavy atom. The molecule has 0 aliphatic heterocycles. The quantitative estimate of drug-likeness (QED) is 0.829. The highest BCUT2D eigenvalue weighted by Crippen LogP contribution is 2.15. The topological polar surface area (TPSA) is 47.0 Å². The molecular weight excluding hydrogens is 190 g/mol. The molecular formula is C11H19N3O. The lowest BCUT2D eigenvalue weighted by molar-refractivity contribution is 0.396. The van der Waals surface area contributed by atoms with Crippen LogP contribution in [0.2, 0.25) is 0 Å². The Labute approximate surface area is 91.1 Å². The van der Waals surface area contributed by atoms with E-state index in [0.717, 1.165) is 12.2 Å². The molecule has 0 radical (unpaired) electrons. The van der Waals surface area contributed by atoms with Gasteiger partial charge in [-0.2, -0.15) is 4.98 Å². The largest absolute Gasteiger partial charge is 0.481 e. The minimum absolute atomic E-state index is 0.209. The van der Waals surface area contributed by atoms with Crippen LogP contribution in [0.1, 0.15) is 26.5 Å². The molecule has 0 fully saturated rings. The molecule has 1 aromatic heterocycles. The molecule has 0 unspecified atom stereocenters. The summed E-state index contributed by atoms with van der Waals surface area (Å²) in [7, 11) is 1.61. The number of hydrogen-bond acceptors (Lipinski definition) is 4. The van der Waals surface area contributed by atoms with Gasteiger partial charge in [-0.05, 0) is 12.3 Å². The molecule has 0 aromatic carbocycles. The Bertz CT molecular complexity index is 331. The van der Waals surface area contributed by atoms with Gasteiger partial charge in [-0.25, -0.2) is 4.98 Å². The van der Waals surface area contributed by atoms with E-state index in [1.54, 1.807) is 7.11 Å². The van der Waals surface area contributed by atoms with Gasteiger partial charge >= 0.3 is 0 Å². The highest BCUT2D eigenvalue weighted by Gasteiger charge is 2.10. The molecule has 15 heavy (non-hydrogen) atoms. The van der Waals surface area contributed by atoms with Crippen molar-refractivity contribution in [1.82, 2.24) is 9.97 Å². The van der Waals surface area contributed by atoms with Crippen molar-refractivity contribution >= 4 is 5.95 Å². The zero-order valence-electron chi connectivity index (χ0n) is 10.1. The molecule has 1 aromatic rings. The van der Waals surface area contributed by atoms with Crippen LogP contribution in [-0.4, -0.2) is 23.6 Å². The molecule has 0 spiro atoms. The number of ether oxygens (including phenoxy) is 1. The molecule has 0 aliphatic carbocycles. The van der Waals surface area contributed by atoms with Crippen molar-refractivity contribution in [3.63, 3.8) is 0 Å². The first-order valence-corrected chi connectivity index (χ1v) is 5.04. The van der Waals surface area contributed by atoms with Crippen molar-refractivity contribution in [3.8, 4) is 5.88 Å². The fraction of sp³-hybridized carbons (Fsp3) is 0.636. The van der Waals surface area contributed by atoms with Gasteiger partial charge in [0.05, 0.1) is 7.11 Å². The molecule has 0 amide bonds. The van der Waals surface area contributed by atoms with E-state index < -0.39 is 0 Å². The molecule has 4 heteroatoms. The van der Waals surface area contributed by atoms with Crippen LogP contribution in [0, 0.1) is 12.3 Å². The van der Waals surface area contributed by atoms with E-state index in [4.69, 9.17) is 4.74 Å². The number of anilines is 1. The average Bonchev–Trinajstić information content (AvgIpc) is 2.13. The van der Waals surface area contributed by atoms with Crippen LogP contribution in [0.15, 0.2) is 6.07 Å². The van der Waals surface area contributed by atoms with Gasteiger partial charge in [-0.3, -0.25) is 0 Å². The Morgan fingerprint density at radius 1 is 1.33 bits per heavy atom. The monoisotopic (exact) mass is 209 g/mol. The van der Waals surface area contributed by atoms with E-state index in [1.807, 2.05) is 13.0 Å². The summed E-state index contributed by atoms with van der Waals surface area (Å²) in [4.78, 5) is 8.49. The standard InChI is InChI=1S/C11H19N3O/c1-8-6-9(15-5)14-10(13-8)12-7-11(2,3)4/h6H,7H2,1-5H3,(H,12,13,14). The summed E-state index contributed by atoms with van der Waals surface area (Å²) < 4.78 is 5.08. The fourth-order valence-electron chi connectivity index (χ4n) is 1.07. The maximum absolute atomic E-state index is 5.08. The summed E-state index contributed by atoms with van der Waals surface area (Å²) in [6.07, 6.45) is 0. The van der Waals surface area contributed by atoms with Gasteiger partial charge < -0.3 is 10.1 Å². The number of hydrogen-bond donors (Lipinski definition) is 1. The Hall–Kier alpha value is -1.32. The molecule has 0 bridgehead atoms. The minimum Gasteiger partial charge on any atom is -0.481 e. The second-order valence-corrected chi connectivity index (χ2v) is 4.79. The van der Waals surface area contributed by atoms with Gasteiger partial charge in [-0.15, -0.1) is 0 Å². The van der Waals surface area contributed by atoms with Gasteiger partial charge in [0, 0.05) is 18.3 Å². The van der Waals surface area contributed by atoms with Gasteiger partial charge in [0.15, 0.2) is 0 Å². The summed E-state index contributed by atoms with van der Waals surface area (Å²) in [6, 6.07) is 1.81. The van der Waals surface area contributed by atoms with Crippen LogP contribution in [0.4, 0.5) is 5.95 Å². The lowest BCUT2D eigenvalue weighted by Gasteiger charge is -2.18. The van der Waals surface area contributed by atoms with Crippen molar-refractivity contribution in [2.24, 2.45) is 5.41 Å². The maximum atomic E-state index is 5.08. The van der Waals surface area contributed by atoms with E-state index in [9.17, 15) is 0 Å². The molecule has 1 heterocycles. The van der Waals surface area contributed by atoms with Crippen molar-refractivity contribution < 1.29 is 4.74 Å². The molecule has 1 N–H and O–H groups in total. The zero-order chi connectivity index (χ0) is 11.5. The first kappa shape index (κ1) is 11.8. The molecule has 0 saturated heterocycles. The summed E-state index contributed by atoms with van der Waals surface area (Å²) >= 11 is 0. The van der Waals surface area contributed by atoms with Crippen LogP contribution in [0.25, 0.3) is 0 Å². The number of aromatic nitrogens is 2. The van der Waals surface area contributed by atoms with E-state index in [1.165, 1.54) is 0 Å². The van der Waals surface area contributed by atoms with Gasteiger partial charge in [0.1, 0.15) is 0 Å². The SMILES string of the molecule is COc1cc(C)nc(NCC(C)(C)C)n1. The van der Waals surface area contributed by atoms with Gasteiger partial charge in [0.25, 0.3) is 0 Å².